The smallest absolute Gasteiger partial charge is 0.251 e. The molecule has 2 aromatic carbocycles. The molecular weight excluding hydrogens is 440 g/mol. The van der Waals surface area contributed by atoms with Crippen LogP contribution >= 0.6 is 0 Å². The van der Waals surface area contributed by atoms with Crippen LogP contribution in [-0.4, -0.2) is 26.7 Å². The van der Waals surface area contributed by atoms with Crippen LogP contribution in [0.3, 0.4) is 0 Å². The van der Waals surface area contributed by atoms with Crippen LogP contribution in [0.5, 0.6) is 0 Å². The van der Waals surface area contributed by atoms with Crippen molar-refractivity contribution >= 4 is 23.2 Å². The van der Waals surface area contributed by atoms with Gasteiger partial charge in [0.1, 0.15) is 5.69 Å². The largest absolute Gasteiger partial charge is 0.382 e. The van der Waals surface area contributed by atoms with Gasteiger partial charge in [-0.2, -0.15) is 0 Å². The van der Waals surface area contributed by atoms with Crippen LogP contribution in [0.15, 0.2) is 79.3 Å². The maximum absolute atomic E-state index is 13.0. The molecule has 0 aliphatic heterocycles. The van der Waals surface area contributed by atoms with Crippen molar-refractivity contribution in [3.8, 4) is 11.3 Å². The summed E-state index contributed by atoms with van der Waals surface area (Å²) in [5.41, 5.74) is 16.8. The van der Waals surface area contributed by atoms with Crippen molar-refractivity contribution in [3.63, 3.8) is 0 Å². The van der Waals surface area contributed by atoms with E-state index in [1.807, 2.05) is 18.2 Å². The van der Waals surface area contributed by atoms with E-state index in [1.165, 1.54) is 17.3 Å². The van der Waals surface area contributed by atoms with Crippen LogP contribution in [-0.2, 0) is 6.42 Å². The van der Waals surface area contributed by atoms with Gasteiger partial charge in [-0.1, -0.05) is 36.4 Å². The van der Waals surface area contributed by atoms with E-state index < -0.39 is 0 Å². The van der Waals surface area contributed by atoms with E-state index in [0.29, 0.717) is 16.8 Å². The standard InChI is InChI=1S/C26H24N8O/c27-24-23(25(28)34-33-19-10-12-29-13-11-19)31-22(15-30-24)17-5-3-6-18(14-17)26(35)32-21-9-8-16-4-1-2-7-20(16)21/h1-7,10-15,21H,8-9H2,(H2,27,30)(H2,28,34)(H,29,33)(H,32,35)/t21-/m1/s1. The summed E-state index contributed by atoms with van der Waals surface area (Å²) >= 11 is 0. The number of nitrogens with one attached hydrogen (secondary N) is 4. The van der Waals surface area contributed by atoms with Crippen LogP contribution in [0.25, 0.3) is 11.3 Å². The Kier molecular flexibility index (Phi) is 6.04. The second-order valence-electron chi connectivity index (χ2n) is 8.19. The number of hydrazine groups is 1. The number of benzene rings is 2. The van der Waals surface area contributed by atoms with Crippen molar-refractivity contribution in [2.45, 2.75) is 18.9 Å². The maximum Gasteiger partial charge on any atom is 0.251 e. The molecule has 2 aromatic heterocycles. The number of hydrogen-bond acceptors (Lipinski definition) is 7. The average Bonchev–Trinajstić information content (AvgIpc) is 3.31. The van der Waals surface area contributed by atoms with Crippen LogP contribution < -0.4 is 21.9 Å². The van der Waals surface area contributed by atoms with Gasteiger partial charge in [-0.05, 0) is 48.2 Å². The maximum atomic E-state index is 13.0. The number of amides is 1. The predicted molar refractivity (Wildman–Crippen MR) is 135 cm³/mol. The van der Waals surface area contributed by atoms with Gasteiger partial charge in [0.25, 0.3) is 5.91 Å². The lowest BCUT2D eigenvalue weighted by Gasteiger charge is -2.15. The molecule has 1 atom stereocenters. The number of aryl methyl sites for hydroxylation is 1. The van der Waals surface area contributed by atoms with Gasteiger partial charge >= 0.3 is 0 Å². The molecule has 0 saturated carbocycles. The van der Waals surface area contributed by atoms with Gasteiger partial charge in [0.15, 0.2) is 11.7 Å². The van der Waals surface area contributed by atoms with Crippen molar-refractivity contribution in [1.82, 2.24) is 25.7 Å². The van der Waals surface area contributed by atoms with Gasteiger partial charge in [-0.15, -0.1) is 0 Å². The minimum absolute atomic E-state index is 0.00437. The fourth-order valence-electron chi connectivity index (χ4n) is 4.12. The highest BCUT2D eigenvalue weighted by molar-refractivity contribution is 5.99. The average molecular weight is 465 g/mol. The van der Waals surface area contributed by atoms with Crippen LogP contribution in [0.2, 0.25) is 0 Å². The number of nitrogens with two attached hydrogens (primary N) is 1. The highest BCUT2D eigenvalue weighted by Gasteiger charge is 2.24. The third-order valence-corrected chi connectivity index (χ3v) is 5.91. The molecule has 9 heteroatoms. The summed E-state index contributed by atoms with van der Waals surface area (Å²) in [6.45, 7) is 0. The Labute approximate surface area is 202 Å². The Balaban J connectivity index is 1.32. The summed E-state index contributed by atoms with van der Waals surface area (Å²) in [6.07, 6.45) is 6.65. The fourth-order valence-corrected chi connectivity index (χ4v) is 4.12. The molecule has 1 aliphatic carbocycles. The number of carbonyl (C=O) groups excluding carboxylic acids is 1. The number of nitrogen functional groups attached to an aromatic ring is 1. The number of carbonyl (C=O) groups is 1. The Morgan fingerprint density at radius 1 is 1.06 bits per heavy atom. The number of pyridine rings is 1. The molecule has 5 rings (SSSR count). The molecule has 4 aromatic rings. The second kappa shape index (κ2) is 9.60. The molecule has 0 unspecified atom stereocenters. The molecule has 1 aliphatic rings. The van der Waals surface area contributed by atoms with E-state index in [4.69, 9.17) is 11.1 Å². The van der Waals surface area contributed by atoms with Crippen LogP contribution in [0.1, 0.15) is 39.6 Å². The first-order valence-electron chi connectivity index (χ1n) is 11.2. The molecule has 0 radical (unpaired) electrons. The van der Waals surface area contributed by atoms with Crippen molar-refractivity contribution in [1.29, 1.82) is 5.41 Å². The molecule has 2 heterocycles. The topological polar surface area (TPSA) is 142 Å². The Morgan fingerprint density at radius 3 is 2.74 bits per heavy atom. The molecule has 35 heavy (non-hydrogen) atoms. The minimum atomic E-state index is -0.145. The summed E-state index contributed by atoms with van der Waals surface area (Å²) in [5, 5.41) is 11.5. The van der Waals surface area contributed by atoms with Crippen molar-refractivity contribution in [2.75, 3.05) is 11.2 Å². The molecule has 0 bridgehead atoms. The first-order chi connectivity index (χ1) is 17.1. The second-order valence-corrected chi connectivity index (χ2v) is 8.19. The number of nitrogens with zero attached hydrogens (tertiary/aromatic N) is 3. The zero-order valence-corrected chi connectivity index (χ0v) is 18.8. The fraction of sp³-hybridized carbons (Fsp3) is 0.115. The van der Waals surface area contributed by atoms with E-state index in [2.05, 4.69) is 43.3 Å². The lowest BCUT2D eigenvalue weighted by atomic mass is 10.1. The molecular formula is C26H24N8O. The van der Waals surface area contributed by atoms with Crippen molar-refractivity contribution < 1.29 is 4.79 Å². The quantitative estimate of drug-likeness (QED) is 0.167. The third kappa shape index (κ3) is 4.79. The molecule has 0 saturated heterocycles. The van der Waals surface area contributed by atoms with Gasteiger partial charge in [-0.25, -0.2) is 9.97 Å². The summed E-state index contributed by atoms with van der Waals surface area (Å²) in [5.74, 6) is -0.0628. The van der Waals surface area contributed by atoms with E-state index in [9.17, 15) is 4.79 Å². The highest BCUT2D eigenvalue weighted by Crippen LogP contribution is 2.31. The normalized spacial score (nSPS) is 14.1. The number of amidine groups is 1. The molecule has 9 nitrogen and oxygen atoms in total. The zero-order valence-electron chi connectivity index (χ0n) is 18.8. The Hall–Kier alpha value is -4.79. The molecule has 0 fully saturated rings. The third-order valence-electron chi connectivity index (χ3n) is 5.91. The lowest BCUT2D eigenvalue weighted by molar-refractivity contribution is 0.0936. The molecule has 1 amide bonds. The molecule has 6 N–H and O–H groups in total. The predicted octanol–water partition coefficient (Wildman–Crippen LogP) is 3.48. The van der Waals surface area contributed by atoms with Gasteiger partial charge in [-0.3, -0.25) is 26.0 Å². The van der Waals surface area contributed by atoms with Gasteiger partial charge in [0.2, 0.25) is 0 Å². The summed E-state index contributed by atoms with van der Waals surface area (Å²) in [6, 6.07) is 18.9. The first kappa shape index (κ1) is 22.0. The number of rotatable bonds is 6. The van der Waals surface area contributed by atoms with E-state index >= 15 is 0 Å². The number of hydrogen-bond donors (Lipinski definition) is 5. The Morgan fingerprint density at radius 2 is 1.89 bits per heavy atom. The first-order valence-corrected chi connectivity index (χ1v) is 11.2. The number of anilines is 2. The summed E-state index contributed by atoms with van der Waals surface area (Å²) < 4.78 is 0. The van der Waals surface area contributed by atoms with Gasteiger partial charge in [0, 0.05) is 23.5 Å². The highest BCUT2D eigenvalue weighted by atomic mass is 16.1. The zero-order chi connectivity index (χ0) is 24.2. The lowest BCUT2D eigenvalue weighted by Crippen LogP contribution is -2.31. The van der Waals surface area contributed by atoms with Crippen molar-refractivity contribution in [3.05, 3.63) is 102 Å². The van der Waals surface area contributed by atoms with Gasteiger partial charge in [0.05, 0.1) is 23.6 Å². The number of aromatic nitrogens is 3. The van der Waals surface area contributed by atoms with Crippen molar-refractivity contribution in [2.24, 2.45) is 0 Å². The molecule has 0 spiro atoms. The minimum Gasteiger partial charge on any atom is -0.382 e. The summed E-state index contributed by atoms with van der Waals surface area (Å²) in [7, 11) is 0. The Bertz CT molecular complexity index is 1390. The summed E-state index contributed by atoms with van der Waals surface area (Å²) in [4.78, 5) is 25.7. The van der Waals surface area contributed by atoms with Crippen LogP contribution in [0.4, 0.5) is 11.5 Å². The van der Waals surface area contributed by atoms with Crippen LogP contribution in [0, 0.1) is 5.41 Å². The monoisotopic (exact) mass is 464 g/mol. The SMILES string of the molecule is N=C(NNc1ccncc1)c1nc(-c2cccc(C(=O)N[C@@H]3CCc4ccccc43)c2)cnc1N. The van der Waals surface area contributed by atoms with E-state index in [-0.39, 0.29) is 29.3 Å². The molecule has 174 valence electrons. The van der Waals surface area contributed by atoms with E-state index in [1.54, 1.807) is 42.7 Å². The van der Waals surface area contributed by atoms with E-state index in [0.717, 1.165) is 18.5 Å². The number of fused-ring (bicyclic) bond motifs is 1. The van der Waals surface area contributed by atoms with Gasteiger partial charge < -0.3 is 11.1 Å².